The summed E-state index contributed by atoms with van der Waals surface area (Å²) < 4.78 is 7.88. The summed E-state index contributed by atoms with van der Waals surface area (Å²) in [6, 6.07) is 9.01. The maximum absolute atomic E-state index is 12.5. The fourth-order valence-corrected chi connectivity index (χ4v) is 3.44. The topological polar surface area (TPSA) is 76.5 Å². The molecule has 2 aromatic rings. The number of likely N-dealkylation sites (tertiary alicyclic amines) is 1. The van der Waals surface area contributed by atoms with Gasteiger partial charge in [-0.1, -0.05) is 12.1 Å². The molecule has 1 saturated heterocycles. The molecule has 2 amide bonds. The summed E-state index contributed by atoms with van der Waals surface area (Å²) in [5, 5.41) is 7.14. The zero-order valence-corrected chi connectivity index (χ0v) is 14.1. The summed E-state index contributed by atoms with van der Waals surface area (Å²) in [5.41, 5.74) is 0.550. The molecule has 7 heteroatoms. The normalized spacial score (nSPS) is 18.9. The molecule has 0 aliphatic carbocycles. The van der Waals surface area contributed by atoms with Crippen LogP contribution in [0.3, 0.4) is 0 Å². The first-order valence-corrected chi connectivity index (χ1v) is 8.42. The number of para-hydroxylation sites is 1. The molecule has 2 aliphatic heterocycles. The number of amides is 2. The Kier molecular flexibility index (Phi) is 3.71. The molecule has 0 radical (unpaired) electrons. The molecule has 0 atom stereocenters. The van der Waals surface area contributed by atoms with E-state index in [1.165, 1.54) is 0 Å². The van der Waals surface area contributed by atoms with Crippen LogP contribution in [0.15, 0.2) is 36.5 Å². The quantitative estimate of drug-likeness (QED) is 0.847. The van der Waals surface area contributed by atoms with Crippen LogP contribution in [-0.4, -0.2) is 51.7 Å². The highest BCUT2D eigenvalue weighted by molar-refractivity contribution is 5.97. The standard InChI is InChI=1S/C18H20N4O3/c1-21-9-6-14(20-21)17(24)22-10-7-18(8-11-22)12-19-16(23)13-4-2-3-5-15(13)25-18/h2-6,9H,7-8,10-12H2,1H3,(H,19,23). The minimum absolute atomic E-state index is 0.0616. The molecule has 1 aromatic heterocycles. The largest absolute Gasteiger partial charge is 0.484 e. The number of nitrogens with one attached hydrogen (secondary N) is 1. The molecule has 3 heterocycles. The van der Waals surface area contributed by atoms with E-state index in [0.717, 1.165) is 0 Å². The van der Waals surface area contributed by atoms with Gasteiger partial charge in [0.1, 0.15) is 17.0 Å². The van der Waals surface area contributed by atoms with Crippen molar-refractivity contribution in [1.82, 2.24) is 20.0 Å². The van der Waals surface area contributed by atoms with Crippen LogP contribution in [0.5, 0.6) is 5.75 Å². The molecular weight excluding hydrogens is 320 g/mol. The van der Waals surface area contributed by atoms with Crippen LogP contribution in [-0.2, 0) is 7.05 Å². The number of carbonyl (C=O) groups excluding carboxylic acids is 2. The van der Waals surface area contributed by atoms with Crippen molar-refractivity contribution >= 4 is 11.8 Å². The third-order valence-corrected chi connectivity index (χ3v) is 4.92. The van der Waals surface area contributed by atoms with Gasteiger partial charge in [0.2, 0.25) is 0 Å². The Bertz CT molecular complexity index is 821. The zero-order chi connectivity index (χ0) is 17.4. The summed E-state index contributed by atoms with van der Waals surface area (Å²) in [7, 11) is 1.79. The van der Waals surface area contributed by atoms with Crippen molar-refractivity contribution in [3.63, 3.8) is 0 Å². The number of nitrogens with zero attached hydrogens (tertiary/aromatic N) is 3. The monoisotopic (exact) mass is 340 g/mol. The van der Waals surface area contributed by atoms with Crippen LogP contribution in [0, 0.1) is 0 Å². The number of hydrogen-bond donors (Lipinski definition) is 1. The lowest BCUT2D eigenvalue weighted by Crippen LogP contribution is -2.54. The van der Waals surface area contributed by atoms with Crippen molar-refractivity contribution < 1.29 is 14.3 Å². The van der Waals surface area contributed by atoms with Crippen molar-refractivity contribution in [1.29, 1.82) is 0 Å². The first kappa shape index (κ1) is 15.7. The molecule has 0 unspecified atom stereocenters. The van der Waals surface area contributed by atoms with Gasteiger partial charge in [-0.05, 0) is 18.2 Å². The average Bonchev–Trinajstić information content (AvgIpc) is 3.01. The summed E-state index contributed by atoms with van der Waals surface area (Å²) in [6.07, 6.45) is 3.10. The van der Waals surface area contributed by atoms with Crippen molar-refractivity contribution in [2.75, 3.05) is 19.6 Å². The van der Waals surface area contributed by atoms with E-state index in [9.17, 15) is 9.59 Å². The average molecular weight is 340 g/mol. The second kappa shape index (κ2) is 5.91. The predicted molar refractivity (Wildman–Crippen MR) is 90.5 cm³/mol. The van der Waals surface area contributed by atoms with Gasteiger partial charge in [0.05, 0.1) is 12.1 Å². The van der Waals surface area contributed by atoms with Crippen LogP contribution in [0.1, 0.15) is 33.7 Å². The van der Waals surface area contributed by atoms with Gasteiger partial charge in [0.15, 0.2) is 0 Å². The van der Waals surface area contributed by atoms with E-state index in [-0.39, 0.29) is 11.8 Å². The number of aromatic nitrogens is 2. The van der Waals surface area contributed by atoms with Crippen molar-refractivity contribution in [3.05, 3.63) is 47.8 Å². The Labute approximate surface area is 145 Å². The highest BCUT2D eigenvalue weighted by Gasteiger charge is 2.41. The Balaban J connectivity index is 1.49. The van der Waals surface area contributed by atoms with Crippen LogP contribution >= 0.6 is 0 Å². The molecule has 7 nitrogen and oxygen atoms in total. The van der Waals surface area contributed by atoms with E-state index in [4.69, 9.17) is 4.74 Å². The van der Waals surface area contributed by atoms with E-state index in [1.54, 1.807) is 35.0 Å². The van der Waals surface area contributed by atoms with Crippen LogP contribution in [0.25, 0.3) is 0 Å². The molecule has 130 valence electrons. The summed E-state index contributed by atoms with van der Waals surface area (Å²) >= 11 is 0. The SMILES string of the molecule is Cn1ccc(C(=O)N2CCC3(CC2)CNC(=O)c2ccccc2O3)n1. The number of aryl methyl sites for hydroxylation is 1. The Morgan fingerprint density at radius 1 is 1.24 bits per heavy atom. The number of rotatable bonds is 1. The van der Waals surface area contributed by atoms with E-state index in [1.807, 2.05) is 18.2 Å². The number of fused-ring (bicyclic) bond motifs is 1. The molecule has 4 rings (SSSR count). The first-order chi connectivity index (χ1) is 12.1. The van der Waals surface area contributed by atoms with Gasteiger partial charge in [-0.15, -0.1) is 0 Å². The van der Waals surface area contributed by atoms with Crippen LogP contribution in [0.4, 0.5) is 0 Å². The number of ether oxygens (including phenoxy) is 1. The second-order valence-corrected chi connectivity index (χ2v) is 6.63. The molecule has 0 bridgehead atoms. The molecule has 0 saturated carbocycles. The van der Waals surface area contributed by atoms with Gasteiger partial charge in [-0.3, -0.25) is 14.3 Å². The fraction of sp³-hybridized carbons (Fsp3) is 0.389. The van der Waals surface area contributed by atoms with E-state index < -0.39 is 5.60 Å². The van der Waals surface area contributed by atoms with Crippen molar-refractivity contribution in [3.8, 4) is 5.75 Å². The van der Waals surface area contributed by atoms with Gasteiger partial charge in [0, 0.05) is 39.2 Å². The van der Waals surface area contributed by atoms with E-state index in [2.05, 4.69) is 10.4 Å². The third-order valence-electron chi connectivity index (χ3n) is 4.92. The molecular formula is C18H20N4O3. The second-order valence-electron chi connectivity index (χ2n) is 6.63. The number of piperidine rings is 1. The molecule has 2 aliphatic rings. The highest BCUT2D eigenvalue weighted by Crippen LogP contribution is 2.33. The lowest BCUT2D eigenvalue weighted by atomic mass is 9.90. The van der Waals surface area contributed by atoms with Gasteiger partial charge in [-0.25, -0.2) is 0 Å². The molecule has 1 N–H and O–H groups in total. The lowest BCUT2D eigenvalue weighted by molar-refractivity contribution is 0.00749. The smallest absolute Gasteiger partial charge is 0.274 e. The summed E-state index contributed by atoms with van der Waals surface area (Å²) in [5.74, 6) is 0.440. The Morgan fingerprint density at radius 3 is 2.72 bits per heavy atom. The Hall–Kier alpha value is -2.83. The number of carbonyl (C=O) groups is 2. The van der Waals surface area contributed by atoms with Gasteiger partial charge in [-0.2, -0.15) is 5.10 Å². The maximum Gasteiger partial charge on any atom is 0.274 e. The van der Waals surface area contributed by atoms with Gasteiger partial charge >= 0.3 is 0 Å². The minimum atomic E-state index is -0.469. The molecule has 1 spiro atoms. The summed E-state index contributed by atoms with van der Waals surface area (Å²) in [4.78, 5) is 26.6. The molecule has 1 aromatic carbocycles. The first-order valence-electron chi connectivity index (χ1n) is 8.42. The van der Waals surface area contributed by atoms with Gasteiger partial charge < -0.3 is 15.0 Å². The van der Waals surface area contributed by atoms with Crippen LogP contribution < -0.4 is 10.1 Å². The molecule has 1 fully saturated rings. The maximum atomic E-state index is 12.5. The Morgan fingerprint density at radius 2 is 2.00 bits per heavy atom. The third kappa shape index (κ3) is 2.86. The highest BCUT2D eigenvalue weighted by atomic mass is 16.5. The number of benzene rings is 1. The zero-order valence-electron chi connectivity index (χ0n) is 14.1. The van der Waals surface area contributed by atoms with Crippen LogP contribution in [0.2, 0.25) is 0 Å². The van der Waals surface area contributed by atoms with E-state index in [0.29, 0.717) is 49.5 Å². The van der Waals surface area contributed by atoms with E-state index >= 15 is 0 Å². The number of hydrogen-bond acceptors (Lipinski definition) is 4. The molecule has 25 heavy (non-hydrogen) atoms. The predicted octanol–water partition coefficient (Wildman–Crippen LogP) is 1.22. The van der Waals surface area contributed by atoms with Crippen molar-refractivity contribution in [2.24, 2.45) is 7.05 Å². The lowest BCUT2D eigenvalue weighted by Gasteiger charge is -2.40. The minimum Gasteiger partial charge on any atom is -0.484 e. The summed E-state index contributed by atoms with van der Waals surface area (Å²) in [6.45, 7) is 1.60. The van der Waals surface area contributed by atoms with Gasteiger partial charge in [0.25, 0.3) is 11.8 Å². The fourth-order valence-electron chi connectivity index (χ4n) is 3.44. The van der Waals surface area contributed by atoms with Crippen molar-refractivity contribution in [2.45, 2.75) is 18.4 Å².